The predicted octanol–water partition coefficient (Wildman–Crippen LogP) is 1.10. The highest BCUT2D eigenvalue weighted by molar-refractivity contribution is 5.76. The first-order chi connectivity index (χ1) is 5.90. The van der Waals surface area contributed by atoms with Gasteiger partial charge in [0.2, 0.25) is 0 Å². The van der Waals surface area contributed by atoms with Crippen molar-refractivity contribution in [3.8, 4) is 5.75 Å². The molecule has 0 aliphatic heterocycles. The lowest BCUT2D eigenvalue weighted by molar-refractivity contribution is -0.120. The summed E-state index contributed by atoms with van der Waals surface area (Å²) in [6, 6.07) is 3.60. The second-order valence-corrected chi connectivity index (χ2v) is 2.30. The van der Waals surface area contributed by atoms with E-state index in [1.54, 1.807) is 12.3 Å². The average molecular weight is 162 g/mol. The van der Waals surface area contributed by atoms with Crippen molar-refractivity contribution >= 4 is 17.5 Å². The molecule has 2 rings (SSSR count). The van der Waals surface area contributed by atoms with Crippen molar-refractivity contribution < 1.29 is 9.53 Å². The maximum Gasteiger partial charge on any atom is 0.298 e. The van der Waals surface area contributed by atoms with E-state index in [-0.39, 0.29) is 0 Å². The molecule has 0 radical (unpaired) electrons. The summed E-state index contributed by atoms with van der Waals surface area (Å²) in [5.74, 6) is 0.456. The Labute approximate surface area is 68.2 Å². The van der Waals surface area contributed by atoms with Crippen LogP contribution in [0.1, 0.15) is 0 Å². The normalized spacial score (nSPS) is 10.0. The summed E-state index contributed by atoms with van der Waals surface area (Å²) >= 11 is 0. The van der Waals surface area contributed by atoms with E-state index in [1.807, 2.05) is 6.07 Å². The quantitative estimate of drug-likeness (QED) is 0.672. The van der Waals surface area contributed by atoms with Crippen molar-refractivity contribution in [2.24, 2.45) is 0 Å². The van der Waals surface area contributed by atoms with Crippen LogP contribution in [0.5, 0.6) is 5.75 Å². The number of rotatable bonds is 2. The molecule has 2 aromatic heterocycles. The van der Waals surface area contributed by atoms with E-state index in [0.717, 1.165) is 11.0 Å². The number of aromatic nitrogens is 2. The summed E-state index contributed by atoms with van der Waals surface area (Å²) in [7, 11) is 0. The molecule has 0 bridgehead atoms. The van der Waals surface area contributed by atoms with Crippen molar-refractivity contribution in [1.82, 2.24) is 9.97 Å². The average Bonchev–Trinajstić information content (AvgIpc) is 2.51. The Morgan fingerprint density at radius 1 is 1.58 bits per heavy atom. The van der Waals surface area contributed by atoms with Gasteiger partial charge in [-0.05, 0) is 12.1 Å². The number of nitrogens with zero attached hydrogens (tertiary/aromatic N) is 1. The molecule has 2 aromatic rings. The predicted molar refractivity (Wildman–Crippen MR) is 42.8 cm³/mol. The van der Waals surface area contributed by atoms with Gasteiger partial charge in [-0.3, -0.25) is 4.79 Å². The summed E-state index contributed by atoms with van der Waals surface area (Å²) in [4.78, 5) is 16.9. The second-order valence-electron chi connectivity index (χ2n) is 2.30. The van der Waals surface area contributed by atoms with Crippen molar-refractivity contribution in [3.05, 3.63) is 24.5 Å². The minimum absolute atomic E-state index is 0.384. The molecule has 4 heteroatoms. The third-order valence-corrected chi connectivity index (χ3v) is 1.56. The first-order valence-corrected chi connectivity index (χ1v) is 3.43. The molecule has 0 aromatic carbocycles. The van der Waals surface area contributed by atoms with Crippen LogP contribution in [0.25, 0.3) is 11.0 Å². The first-order valence-electron chi connectivity index (χ1n) is 3.43. The molecule has 0 fully saturated rings. The summed E-state index contributed by atoms with van der Waals surface area (Å²) in [6.07, 6.45) is 3.27. The second kappa shape index (κ2) is 2.65. The summed E-state index contributed by atoms with van der Waals surface area (Å²) in [6.45, 7) is 0.384. The number of fused-ring (bicyclic) bond motifs is 1. The van der Waals surface area contributed by atoms with E-state index in [4.69, 9.17) is 0 Å². The number of H-pyrrole nitrogens is 1. The Morgan fingerprint density at radius 3 is 3.33 bits per heavy atom. The van der Waals surface area contributed by atoms with Gasteiger partial charge in [-0.15, -0.1) is 0 Å². The Kier molecular flexibility index (Phi) is 1.51. The molecule has 1 N–H and O–H groups in total. The molecular formula is C8H6N2O2. The number of nitrogens with one attached hydrogen (secondary N) is 1. The van der Waals surface area contributed by atoms with Crippen LogP contribution in [0.3, 0.4) is 0 Å². The van der Waals surface area contributed by atoms with Gasteiger partial charge < -0.3 is 9.72 Å². The molecule has 4 nitrogen and oxygen atoms in total. The fourth-order valence-electron chi connectivity index (χ4n) is 1.04. The Hall–Kier alpha value is -1.84. The molecule has 0 aliphatic rings. The van der Waals surface area contributed by atoms with Gasteiger partial charge in [0.15, 0.2) is 0 Å². The van der Waals surface area contributed by atoms with Crippen molar-refractivity contribution in [2.75, 3.05) is 0 Å². The molecule has 2 heterocycles. The van der Waals surface area contributed by atoms with Gasteiger partial charge in [-0.2, -0.15) is 0 Å². The van der Waals surface area contributed by atoms with Crippen LogP contribution in [0, 0.1) is 0 Å². The molecule has 0 spiro atoms. The van der Waals surface area contributed by atoms with Crippen molar-refractivity contribution in [3.63, 3.8) is 0 Å². The Morgan fingerprint density at radius 2 is 2.50 bits per heavy atom. The van der Waals surface area contributed by atoms with E-state index < -0.39 is 0 Å². The van der Waals surface area contributed by atoms with Gasteiger partial charge in [0.25, 0.3) is 6.47 Å². The highest BCUT2D eigenvalue weighted by atomic mass is 16.5. The third kappa shape index (κ3) is 1.03. The van der Waals surface area contributed by atoms with Crippen LogP contribution in [0.4, 0.5) is 0 Å². The number of carbonyl (C=O) groups excluding carboxylic acids is 1. The van der Waals surface area contributed by atoms with Gasteiger partial charge in [0.05, 0.1) is 6.20 Å². The molecule has 0 atom stereocenters. The molecule has 0 aliphatic carbocycles. The Balaban J connectivity index is 2.52. The maximum atomic E-state index is 9.99. The highest BCUT2D eigenvalue weighted by Gasteiger charge is 1.97. The van der Waals surface area contributed by atoms with Crippen LogP contribution in [-0.4, -0.2) is 16.4 Å². The van der Waals surface area contributed by atoms with Crippen LogP contribution in [-0.2, 0) is 4.79 Å². The minimum Gasteiger partial charge on any atom is -0.427 e. The fraction of sp³-hybridized carbons (Fsp3) is 0. The Bertz CT molecular complexity index is 408. The monoisotopic (exact) mass is 162 g/mol. The van der Waals surface area contributed by atoms with Crippen LogP contribution in [0.2, 0.25) is 0 Å². The first kappa shape index (κ1) is 6.84. The molecular weight excluding hydrogens is 156 g/mol. The number of hydrogen-bond donors (Lipinski definition) is 1. The van der Waals surface area contributed by atoms with Crippen molar-refractivity contribution in [1.29, 1.82) is 0 Å². The number of pyridine rings is 1. The molecule has 60 valence electrons. The van der Waals surface area contributed by atoms with Gasteiger partial charge >= 0.3 is 0 Å². The van der Waals surface area contributed by atoms with Gasteiger partial charge in [0.1, 0.15) is 11.4 Å². The largest absolute Gasteiger partial charge is 0.427 e. The minimum atomic E-state index is 0.384. The molecule has 0 unspecified atom stereocenters. The van der Waals surface area contributed by atoms with E-state index in [2.05, 4.69) is 14.7 Å². The van der Waals surface area contributed by atoms with E-state index >= 15 is 0 Å². The van der Waals surface area contributed by atoms with Gasteiger partial charge in [-0.1, -0.05) is 0 Å². The summed E-state index contributed by atoms with van der Waals surface area (Å²) in [5.41, 5.74) is 0.785. The van der Waals surface area contributed by atoms with E-state index in [1.165, 1.54) is 6.20 Å². The number of ether oxygens (including phenoxy) is 1. The SMILES string of the molecule is O=COc1cnc2[nH]ccc2c1. The van der Waals surface area contributed by atoms with E-state index in [0.29, 0.717) is 12.2 Å². The summed E-state index contributed by atoms with van der Waals surface area (Å²) < 4.78 is 4.63. The van der Waals surface area contributed by atoms with Gasteiger partial charge in [-0.25, -0.2) is 4.98 Å². The topological polar surface area (TPSA) is 55.0 Å². The standard InChI is InChI=1S/C8H6N2O2/c11-5-12-7-3-6-1-2-9-8(6)10-4-7/h1-5H,(H,9,10). The van der Waals surface area contributed by atoms with Crippen LogP contribution in [0.15, 0.2) is 24.5 Å². The molecule has 0 amide bonds. The lowest BCUT2D eigenvalue weighted by Crippen LogP contribution is -1.88. The smallest absolute Gasteiger partial charge is 0.298 e. The molecule has 0 saturated heterocycles. The third-order valence-electron chi connectivity index (χ3n) is 1.56. The van der Waals surface area contributed by atoms with Crippen LogP contribution >= 0.6 is 0 Å². The zero-order valence-corrected chi connectivity index (χ0v) is 6.15. The maximum absolute atomic E-state index is 9.99. The van der Waals surface area contributed by atoms with Crippen molar-refractivity contribution in [2.45, 2.75) is 0 Å². The lowest BCUT2D eigenvalue weighted by Gasteiger charge is -1.95. The lowest BCUT2D eigenvalue weighted by atomic mass is 10.3. The summed E-state index contributed by atoms with van der Waals surface area (Å²) in [5, 5.41) is 0.925. The zero-order valence-electron chi connectivity index (χ0n) is 6.15. The van der Waals surface area contributed by atoms with E-state index in [9.17, 15) is 4.79 Å². The fourth-order valence-corrected chi connectivity index (χ4v) is 1.04. The number of carbonyl (C=O) groups is 1. The highest BCUT2D eigenvalue weighted by Crippen LogP contribution is 2.15. The molecule has 0 saturated carbocycles. The zero-order chi connectivity index (χ0) is 8.39. The van der Waals surface area contributed by atoms with Crippen LogP contribution < -0.4 is 4.74 Å². The molecule has 12 heavy (non-hydrogen) atoms. The number of hydrogen-bond acceptors (Lipinski definition) is 3. The number of aromatic amines is 1. The van der Waals surface area contributed by atoms with Gasteiger partial charge in [0, 0.05) is 11.6 Å².